The summed E-state index contributed by atoms with van der Waals surface area (Å²) < 4.78 is 13.4. The van der Waals surface area contributed by atoms with Gasteiger partial charge in [-0.3, -0.25) is 4.79 Å². The molecule has 1 rings (SSSR count). The number of halogens is 1. The van der Waals surface area contributed by atoms with Crippen LogP contribution in [0, 0.1) is 18.7 Å². The zero-order valence-corrected chi connectivity index (χ0v) is 9.25. The van der Waals surface area contributed by atoms with Crippen molar-refractivity contribution < 1.29 is 9.18 Å². The highest BCUT2D eigenvalue weighted by atomic mass is 19.1. The van der Waals surface area contributed by atoms with E-state index in [0.717, 1.165) is 5.56 Å². The van der Waals surface area contributed by atoms with E-state index in [1.54, 1.807) is 12.1 Å². The van der Waals surface area contributed by atoms with Crippen LogP contribution in [0.3, 0.4) is 0 Å². The average Bonchev–Trinajstić information content (AvgIpc) is 2.19. The number of nitrogens with two attached hydrogens (primary N) is 1. The van der Waals surface area contributed by atoms with Crippen LogP contribution in [0.25, 0.3) is 0 Å². The van der Waals surface area contributed by atoms with Gasteiger partial charge in [0.25, 0.3) is 0 Å². The average molecular weight is 209 g/mol. The van der Waals surface area contributed by atoms with E-state index in [2.05, 4.69) is 0 Å². The van der Waals surface area contributed by atoms with Crippen LogP contribution in [-0.4, -0.2) is 11.8 Å². The van der Waals surface area contributed by atoms with Crippen molar-refractivity contribution in [3.8, 4) is 0 Å². The molecular formula is C12H16FNO. The topological polar surface area (TPSA) is 43.1 Å². The molecule has 2 N–H and O–H groups in total. The lowest BCUT2D eigenvalue weighted by Gasteiger charge is -2.14. The van der Waals surface area contributed by atoms with E-state index in [-0.39, 0.29) is 17.3 Å². The molecule has 0 aliphatic heterocycles. The summed E-state index contributed by atoms with van der Waals surface area (Å²) in [6, 6.07) is 3.84. The third-order valence-electron chi connectivity index (χ3n) is 2.41. The van der Waals surface area contributed by atoms with E-state index in [4.69, 9.17) is 5.73 Å². The third kappa shape index (κ3) is 2.63. The number of carbonyl (C=O) groups is 1. The Balaban J connectivity index is 3.05. The van der Waals surface area contributed by atoms with Crippen LogP contribution in [0.1, 0.15) is 29.8 Å². The molecule has 15 heavy (non-hydrogen) atoms. The number of hydrogen-bond donors (Lipinski definition) is 1. The predicted molar refractivity (Wildman–Crippen MR) is 58.3 cm³/mol. The van der Waals surface area contributed by atoms with Crippen LogP contribution in [0.15, 0.2) is 18.2 Å². The Hall–Kier alpha value is -1.22. The number of aryl methyl sites for hydroxylation is 1. The van der Waals surface area contributed by atoms with Crippen LogP contribution in [0.4, 0.5) is 4.39 Å². The quantitative estimate of drug-likeness (QED) is 0.776. The first kappa shape index (κ1) is 11.9. The lowest BCUT2D eigenvalue weighted by atomic mass is 9.95. The molecule has 0 fully saturated rings. The van der Waals surface area contributed by atoms with E-state index < -0.39 is 11.9 Å². The van der Waals surface area contributed by atoms with Crippen LogP contribution in [0.5, 0.6) is 0 Å². The number of ketones is 1. The molecule has 0 bridgehead atoms. The van der Waals surface area contributed by atoms with Crippen molar-refractivity contribution in [1.82, 2.24) is 0 Å². The van der Waals surface area contributed by atoms with Gasteiger partial charge in [-0.05, 0) is 25.0 Å². The van der Waals surface area contributed by atoms with Crippen LogP contribution in [0.2, 0.25) is 0 Å². The monoisotopic (exact) mass is 209 g/mol. The molecule has 0 amide bonds. The lowest BCUT2D eigenvalue weighted by molar-refractivity contribution is 0.0936. The molecule has 0 aliphatic carbocycles. The van der Waals surface area contributed by atoms with E-state index >= 15 is 0 Å². The maximum atomic E-state index is 13.4. The Morgan fingerprint density at radius 1 is 1.40 bits per heavy atom. The SMILES string of the molecule is Cc1ccc(F)c(C(=O)C(N)C(C)C)c1. The molecule has 0 aliphatic rings. The summed E-state index contributed by atoms with van der Waals surface area (Å²) in [5.41, 5.74) is 6.65. The van der Waals surface area contributed by atoms with Crippen molar-refractivity contribution in [2.45, 2.75) is 26.8 Å². The number of rotatable bonds is 3. The first-order valence-corrected chi connectivity index (χ1v) is 4.99. The number of benzene rings is 1. The van der Waals surface area contributed by atoms with Crippen molar-refractivity contribution in [3.05, 3.63) is 35.1 Å². The molecule has 0 heterocycles. The van der Waals surface area contributed by atoms with E-state index in [1.807, 2.05) is 20.8 Å². The first-order chi connectivity index (χ1) is 6.93. The second-order valence-corrected chi connectivity index (χ2v) is 4.12. The highest BCUT2D eigenvalue weighted by molar-refractivity contribution is 6.00. The summed E-state index contributed by atoms with van der Waals surface area (Å²) in [6.45, 7) is 5.50. The molecule has 1 unspecified atom stereocenters. The number of hydrogen-bond acceptors (Lipinski definition) is 2. The minimum atomic E-state index is -0.638. The Bertz CT molecular complexity index is 374. The molecule has 0 aromatic heterocycles. The number of Topliss-reactive ketones (excluding diaryl/α,β-unsaturated/α-hetero) is 1. The van der Waals surface area contributed by atoms with Gasteiger partial charge in [0.2, 0.25) is 0 Å². The highest BCUT2D eigenvalue weighted by Crippen LogP contribution is 2.14. The third-order valence-corrected chi connectivity index (χ3v) is 2.41. The Morgan fingerprint density at radius 2 is 2.00 bits per heavy atom. The van der Waals surface area contributed by atoms with Crippen molar-refractivity contribution in [3.63, 3.8) is 0 Å². The van der Waals surface area contributed by atoms with Crippen molar-refractivity contribution in [2.75, 3.05) is 0 Å². The van der Waals surface area contributed by atoms with Gasteiger partial charge in [0, 0.05) is 0 Å². The van der Waals surface area contributed by atoms with Crippen LogP contribution < -0.4 is 5.73 Å². The summed E-state index contributed by atoms with van der Waals surface area (Å²) >= 11 is 0. The molecule has 0 spiro atoms. The molecule has 0 radical (unpaired) electrons. The summed E-state index contributed by atoms with van der Waals surface area (Å²) in [6.07, 6.45) is 0. The second-order valence-electron chi connectivity index (χ2n) is 4.12. The molecule has 0 saturated heterocycles. The van der Waals surface area contributed by atoms with Gasteiger partial charge in [0.15, 0.2) is 5.78 Å². The number of carbonyl (C=O) groups excluding carboxylic acids is 1. The maximum Gasteiger partial charge on any atom is 0.182 e. The zero-order valence-electron chi connectivity index (χ0n) is 9.25. The smallest absolute Gasteiger partial charge is 0.182 e. The van der Waals surface area contributed by atoms with Crippen LogP contribution >= 0.6 is 0 Å². The van der Waals surface area contributed by atoms with Gasteiger partial charge in [-0.25, -0.2) is 4.39 Å². The molecule has 1 aromatic rings. The fraction of sp³-hybridized carbons (Fsp3) is 0.417. The van der Waals surface area contributed by atoms with Gasteiger partial charge in [-0.2, -0.15) is 0 Å². The van der Waals surface area contributed by atoms with Gasteiger partial charge in [-0.1, -0.05) is 25.5 Å². The Labute approximate surface area is 89.3 Å². The van der Waals surface area contributed by atoms with Gasteiger partial charge < -0.3 is 5.73 Å². The molecule has 2 nitrogen and oxygen atoms in total. The summed E-state index contributed by atoms with van der Waals surface area (Å²) in [5.74, 6) is -0.815. The van der Waals surface area contributed by atoms with Crippen molar-refractivity contribution in [2.24, 2.45) is 11.7 Å². The van der Waals surface area contributed by atoms with Gasteiger partial charge in [0.05, 0.1) is 11.6 Å². The van der Waals surface area contributed by atoms with Crippen LogP contribution in [-0.2, 0) is 0 Å². The summed E-state index contributed by atoms with van der Waals surface area (Å²) in [7, 11) is 0. The largest absolute Gasteiger partial charge is 0.321 e. The van der Waals surface area contributed by atoms with Gasteiger partial charge in [-0.15, -0.1) is 0 Å². The molecule has 1 aromatic carbocycles. The fourth-order valence-corrected chi connectivity index (χ4v) is 1.31. The van der Waals surface area contributed by atoms with E-state index in [1.165, 1.54) is 6.07 Å². The highest BCUT2D eigenvalue weighted by Gasteiger charge is 2.21. The lowest BCUT2D eigenvalue weighted by Crippen LogP contribution is -2.36. The summed E-state index contributed by atoms with van der Waals surface area (Å²) in [4.78, 5) is 11.8. The minimum absolute atomic E-state index is 0.0115. The molecular weight excluding hydrogens is 193 g/mol. The second kappa shape index (κ2) is 4.53. The normalized spacial score (nSPS) is 12.9. The predicted octanol–water partition coefficient (Wildman–Crippen LogP) is 2.30. The minimum Gasteiger partial charge on any atom is -0.321 e. The first-order valence-electron chi connectivity index (χ1n) is 4.99. The molecule has 82 valence electrons. The maximum absolute atomic E-state index is 13.4. The molecule has 1 atom stereocenters. The Morgan fingerprint density at radius 3 is 2.53 bits per heavy atom. The molecule has 0 saturated carbocycles. The standard InChI is InChI=1S/C12H16FNO/c1-7(2)11(14)12(15)9-6-8(3)4-5-10(9)13/h4-7,11H,14H2,1-3H3. The Kier molecular flexibility index (Phi) is 3.58. The van der Waals surface area contributed by atoms with E-state index in [0.29, 0.717) is 0 Å². The van der Waals surface area contributed by atoms with Gasteiger partial charge >= 0.3 is 0 Å². The van der Waals surface area contributed by atoms with Crippen molar-refractivity contribution in [1.29, 1.82) is 0 Å². The fourth-order valence-electron chi connectivity index (χ4n) is 1.31. The van der Waals surface area contributed by atoms with Crippen molar-refractivity contribution >= 4 is 5.78 Å². The summed E-state index contributed by atoms with van der Waals surface area (Å²) in [5, 5.41) is 0. The molecule has 3 heteroatoms. The van der Waals surface area contributed by atoms with Gasteiger partial charge in [0.1, 0.15) is 5.82 Å². The zero-order chi connectivity index (χ0) is 11.6. The van der Waals surface area contributed by atoms with E-state index in [9.17, 15) is 9.18 Å².